The molecule has 1 heterocycles. The van der Waals surface area contributed by atoms with Crippen molar-refractivity contribution >= 4 is 5.69 Å². The average Bonchev–Trinajstić information content (AvgIpc) is 2.33. The second-order valence-electron chi connectivity index (χ2n) is 3.88. The molecule has 0 radical (unpaired) electrons. The van der Waals surface area contributed by atoms with Crippen LogP contribution in [-0.2, 0) is 6.42 Å². The van der Waals surface area contributed by atoms with Crippen molar-refractivity contribution in [3.8, 4) is 11.6 Å². The van der Waals surface area contributed by atoms with Crippen LogP contribution in [0.15, 0.2) is 24.3 Å². The molecule has 1 aromatic heterocycles. The number of halogens is 1. The molecule has 0 aliphatic heterocycles. The number of hydrogen-bond donors (Lipinski definition) is 1. The Labute approximate surface area is 105 Å². The highest BCUT2D eigenvalue weighted by molar-refractivity contribution is 5.53. The minimum atomic E-state index is -0.402. The second kappa shape index (κ2) is 5.00. The van der Waals surface area contributed by atoms with Crippen molar-refractivity contribution in [1.29, 1.82) is 0 Å². The number of nitrogen functional groups attached to an aromatic ring is 1. The summed E-state index contributed by atoms with van der Waals surface area (Å²) in [6, 6.07) is 5.69. The number of aryl methyl sites for hydroxylation is 2. The van der Waals surface area contributed by atoms with E-state index in [0.29, 0.717) is 17.4 Å². The van der Waals surface area contributed by atoms with Gasteiger partial charge in [-0.15, -0.1) is 0 Å². The molecule has 5 heteroatoms. The van der Waals surface area contributed by atoms with Crippen LogP contribution < -0.4 is 10.5 Å². The fourth-order valence-electron chi connectivity index (χ4n) is 1.54. The summed E-state index contributed by atoms with van der Waals surface area (Å²) >= 11 is 0. The molecule has 0 saturated heterocycles. The van der Waals surface area contributed by atoms with Crippen LogP contribution in [0.3, 0.4) is 0 Å². The van der Waals surface area contributed by atoms with Gasteiger partial charge in [-0.25, -0.2) is 9.37 Å². The fraction of sp³-hybridized carbons (Fsp3) is 0.231. The lowest BCUT2D eigenvalue weighted by Gasteiger charge is -2.09. The Hall–Kier alpha value is -2.17. The van der Waals surface area contributed by atoms with E-state index < -0.39 is 5.82 Å². The molecule has 0 amide bonds. The highest BCUT2D eigenvalue weighted by Gasteiger charge is 2.07. The first kappa shape index (κ1) is 12.3. The van der Waals surface area contributed by atoms with Gasteiger partial charge in [0.25, 0.3) is 0 Å². The van der Waals surface area contributed by atoms with E-state index in [2.05, 4.69) is 9.97 Å². The maximum absolute atomic E-state index is 13.1. The number of ether oxygens (including phenoxy) is 1. The Morgan fingerprint density at radius 1 is 1.28 bits per heavy atom. The summed E-state index contributed by atoms with van der Waals surface area (Å²) in [5.41, 5.74) is 6.95. The lowest BCUT2D eigenvalue weighted by Crippen LogP contribution is -1.99. The van der Waals surface area contributed by atoms with Crippen molar-refractivity contribution < 1.29 is 9.13 Å². The minimum absolute atomic E-state index is 0.259. The average molecular weight is 247 g/mol. The molecule has 4 nitrogen and oxygen atoms in total. The predicted octanol–water partition coefficient (Wildman–Crippen LogP) is 2.86. The summed E-state index contributed by atoms with van der Waals surface area (Å²) in [5, 5.41) is 0. The van der Waals surface area contributed by atoms with Gasteiger partial charge in [0.15, 0.2) is 5.75 Å². The van der Waals surface area contributed by atoms with Crippen molar-refractivity contribution in [2.45, 2.75) is 20.3 Å². The molecule has 1 aromatic carbocycles. The molecule has 0 atom stereocenters. The van der Waals surface area contributed by atoms with Gasteiger partial charge in [0.1, 0.15) is 11.6 Å². The Morgan fingerprint density at radius 2 is 2.06 bits per heavy atom. The molecule has 0 aliphatic rings. The highest BCUT2D eigenvalue weighted by Crippen LogP contribution is 2.27. The quantitative estimate of drug-likeness (QED) is 0.847. The maximum Gasteiger partial charge on any atom is 0.222 e. The molecule has 94 valence electrons. The molecule has 2 aromatic rings. The smallest absolute Gasteiger partial charge is 0.222 e. The minimum Gasteiger partial charge on any atom is -0.437 e. The summed E-state index contributed by atoms with van der Waals surface area (Å²) < 4.78 is 18.6. The molecular weight excluding hydrogens is 233 g/mol. The van der Waals surface area contributed by atoms with Crippen LogP contribution in [-0.4, -0.2) is 9.97 Å². The zero-order valence-corrected chi connectivity index (χ0v) is 10.3. The van der Waals surface area contributed by atoms with E-state index in [9.17, 15) is 4.39 Å². The van der Waals surface area contributed by atoms with Crippen LogP contribution in [0.2, 0.25) is 0 Å². The predicted molar refractivity (Wildman–Crippen MR) is 67.0 cm³/mol. The maximum atomic E-state index is 13.1. The number of aromatic nitrogens is 2. The molecule has 2 rings (SSSR count). The Morgan fingerprint density at radius 3 is 2.78 bits per heavy atom. The second-order valence-corrected chi connectivity index (χ2v) is 3.88. The molecule has 0 saturated carbocycles. The first-order valence-electron chi connectivity index (χ1n) is 5.66. The molecule has 0 spiro atoms. The van der Waals surface area contributed by atoms with Crippen molar-refractivity contribution in [3.05, 3.63) is 41.6 Å². The van der Waals surface area contributed by atoms with Gasteiger partial charge in [-0.2, -0.15) is 4.98 Å². The monoisotopic (exact) mass is 247 g/mol. The standard InChI is InChI=1S/C13H14FN3O/c1-3-10-7-13(17-8(2)16-10)18-12-6-9(14)4-5-11(12)15/h4-7H,3,15H2,1-2H3. The van der Waals surface area contributed by atoms with Gasteiger partial charge < -0.3 is 10.5 Å². The van der Waals surface area contributed by atoms with E-state index in [-0.39, 0.29) is 5.75 Å². The summed E-state index contributed by atoms with van der Waals surface area (Å²) in [5.74, 6) is 0.840. The molecule has 2 N–H and O–H groups in total. The largest absolute Gasteiger partial charge is 0.437 e. The third-order valence-electron chi connectivity index (χ3n) is 2.42. The number of anilines is 1. The van der Waals surface area contributed by atoms with E-state index in [4.69, 9.17) is 10.5 Å². The molecule has 18 heavy (non-hydrogen) atoms. The molecule has 0 aliphatic carbocycles. The van der Waals surface area contributed by atoms with E-state index in [1.807, 2.05) is 6.92 Å². The highest BCUT2D eigenvalue weighted by atomic mass is 19.1. The number of hydrogen-bond acceptors (Lipinski definition) is 4. The van der Waals surface area contributed by atoms with Gasteiger partial charge in [0.05, 0.1) is 5.69 Å². The first-order chi connectivity index (χ1) is 8.58. The number of rotatable bonds is 3. The fourth-order valence-corrected chi connectivity index (χ4v) is 1.54. The number of benzene rings is 1. The topological polar surface area (TPSA) is 61.0 Å². The van der Waals surface area contributed by atoms with E-state index in [1.165, 1.54) is 18.2 Å². The van der Waals surface area contributed by atoms with Crippen LogP contribution in [0.25, 0.3) is 0 Å². The van der Waals surface area contributed by atoms with Gasteiger partial charge >= 0.3 is 0 Å². The molecular formula is C13H14FN3O. The van der Waals surface area contributed by atoms with Crippen molar-refractivity contribution in [3.63, 3.8) is 0 Å². The van der Waals surface area contributed by atoms with Gasteiger partial charge in [0, 0.05) is 17.8 Å². The van der Waals surface area contributed by atoms with Gasteiger partial charge in [-0.1, -0.05) is 6.92 Å². The molecule has 0 unspecified atom stereocenters. The molecule has 0 fully saturated rings. The zero-order chi connectivity index (χ0) is 13.1. The SMILES string of the molecule is CCc1cc(Oc2cc(F)ccc2N)nc(C)n1. The van der Waals surface area contributed by atoms with Gasteiger partial charge in [-0.05, 0) is 25.5 Å². The van der Waals surface area contributed by atoms with Crippen LogP contribution in [0, 0.1) is 12.7 Å². The Bertz CT molecular complexity index is 572. The summed E-state index contributed by atoms with van der Waals surface area (Å²) in [4.78, 5) is 8.37. The van der Waals surface area contributed by atoms with Crippen LogP contribution in [0.5, 0.6) is 11.6 Å². The summed E-state index contributed by atoms with van der Waals surface area (Å²) in [6.45, 7) is 3.77. The van der Waals surface area contributed by atoms with E-state index >= 15 is 0 Å². The van der Waals surface area contributed by atoms with Gasteiger partial charge in [0.2, 0.25) is 5.88 Å². The van der Waals surface area contributed by atoms with Crippen LogP contribution >= 0.6 is 0 Å². The van der Waals surface area contributed by atoms with E-state index in [1.54, 1.807) is 13.0 Å². The summed E-state index contributed by atoms with van der Waals surface area (Å²) in [7, 11) is 0. The third kappa shape index (κ3) is 2.74. The summed E-state index contributed by atoms with van der Waals surface area (Å²) in [6.07, 6.45) is 0.776. The number of nitrogens with zero attached hydrogens (tertiary/aromatic N) is 2. The lowest BCUT2D eigenvalue weighted by atomic mass is 10.3. The molecule has 0 bridgehead atoms. The van der Waals surface area contributed by atoms with E-state index in [0.717, 1.165) is 12.1 Å². The Kier molecular flexibility index (Phi) is 3.41. The third-order valence-corrected chi connectivity index (χ3v) is 2.42. The Balaban J connectivity index is 2.33. The van der Waals surface area contributed by atoms with Crippen LogP contribution in [0.1, 0.15) is 18.4 Å². The van der Waals surface area contributed by atoms with Crippen molar-refractivity contribution in [2.75, 3.05) is 5.73 Å². The zero-order valence-electron chi connectivity index (χ0n) is 10.3. The lowest BCUT2D eigenvalue weighted by molar-refractivity contribution is 0.456. The first-order valence-corrected chi connectivity index (χ1v) is 5.66. The number of nitrogens with two attached hydrogens (primary N) is 1. The van der Waals surface area contributed by atoms with Crippen molar-refractivity contribution in [1.82, 2.24) is 9.97 Å². The van der Waals surface area contributed by atoms with Gasteiger partial charge in [-0.3, -0.25) is 0 Å². The van der Waals surface area contributed by atoms with Crippen LogP contribution in [0.4, 0.5) is 10.1 Å². The normalized spacial score (nSPS) is 10.4. The van der Waals surface area contributed by atoms with Crippen molar-refractivity contribution in [2.24, 2.45) is 0 Å².